The Morgan fingerprint density at radius 1 is 1.11 bits per heavy atom. The summed E-state index contributed by atoms with van der Waals surface area (Å²) in [7, 11) is 3.84. The highest BCUT2D eigenvalue weighted by Crippen LogP contribution is 2.27. The van der Waals surface area contributed by atoms with Gasteiger partial charge in [0.2, 0.25) is 0 Å². The maximum atomic E-state index is 13.0. The van der Waals surface area contributed by atoms with Crippen molar-refractivity contribution in [3.8, 4) is 11.1 Å². The predicted octanol–water partition coefficient (Wildman–Crippen LogP) is 5.19. The van der Waals surface area contributed by atoms with E-state index in [1.807, 2.05) is 55.4 Å². The summed E-state index contributed by atoms with van der Waals surface area (Å²) in [4.78, 5) is 19.4. The van der Waals surface area contributed by atoms with Gasteiger partial charge in [0.1, 0.15) is 5.69 Å². The number of pyridine rings is 1. The van der Waals surface area contributed by atoms with Gasteiger partial charge in [0.05, 0.1) is 5.69 Å². The molecule has 0 fully saturated rings. The van der Waals surface area contributed by atoms with Gasteiger partial charge in [-0.3, -0.25) is 9.78 Å². The molecule has 27 heavy (non-hydrogen) atoms. The molecule has 0 amide bonds. The predicted molar refractivity (Wildman–Crippen MR) is 113 cm³/mol. The molecule has 0 aliphatic heterocycles. The molecule has 0 bridgehead atoms. The first-order chi connectivity index (χ1) is 13.0. The van der Waals surface area contributed by atoms with Crippen molar-refractivity contribution in [1.29, 1.82) is 0 Å². The third-order valence-electron chi connectivity index (χ3n) is 4.75. The van der Waals surface area contributed by atoms with E-state index in [2.05, 4.69) is 36.7 Å². The fraction of sp³-hybridized carbons (Fsp3) is 0.167. The molecule has 1 heterocycles. The van der Waals surface area contributed by atoms with Gasteiger partial charge in [-0.2, -0.15) is 0 Å². The topological polar surface area (TPSA) is 33.2 Å². The number of benzene rings is 2. The summed E-state index contributed by atoms with van der Waals surface area (Å²) in [5.74, 6) is 0.0163. The quantitative estimate of drug-likeness (QED) is 0.570. The van der Waals surface area contributed by atoms with Crippen LogP contribution in [0, 0.1) is 6.92 Å². The van der Waals surface area contributed by atoms with Crippen LogP contribution in [0.1, 0.15) is 27.2 Å². The number of ketones is 1. The number of rotatable bonds is 6. The van der Waals surface area contributed by atoms with E-state index in [1.54, 1.807) is 12.3 Å². The van der Waals surface area contributed by atoms with Crippen molar-refractivity contribution >= 4 is 17.5 Å². The zero-order chi connectivity index (χ0) is 19.4. The van der Waals surface area contributed by atoms with E-state index in [1.165, 1.54) is 0 Å². The summed E-state index contributed by atoms with van der Waals surface area (Å²) in [5.41, 5.74) is 6.68. The second kappa shape index (κ2) is 8.00. The zero-order valence-electron chi connectivity index (χ0n) is 16.1. The number of anilines is 1. The lowest BCUT2D eigenvalue weighted by Crippen LogP contribution is -2.17. The number of hydrogen-bond donors (Lipinski definition) is 0. The summed E-state index contributed by atoms with van der Waals surface area (Å²) >= 11 is 0. The van der Waals surface area contributed by atoms with Gasteiger partial charge in [0.15, 0.2) is 5.78 Å². The Morgan fingerprint density at radius 3 is 2.52 bits per heavy atom. The largest absolute Gasteiger partial charge is 0.376 e. The number of carbonyl (C=O) groups excluding carboxylic acids is 1. The van der Waals surface area contributed by atoms with Gasteiger partial charge in [-0.25, -0.2) is 0 Å². The lowest BCUT2D eigenvalue weighted by molar-refractivity contribution is 0.0988. The van der Waals surface area contributed by atoms with E-state index < -0.39 is 0 Å². The summed E-state index contributed by atoms with van der Waals surface area (Å²) in [6.45, 7) is 5.86. The van der Waals surface area contributed by atoms with Crippen LogP contribution >= 0.6 is 0 Å². The van der Waals surface area contributed by atoms with Crippen molar-refractivity contribution in [3.63, 3.8) is 0 Å². The summed E-state index contributed by atoms with van der Waals surface area (Å²) < 4.78 is 0. The maximum absolute atomic E-state index is 13.0. The van der Waals surface area contributed by atoms with Crippen molar-refractivity contribution in [2.75, 3.05) is 19.0 Å². The molecule has 0 aliphatic rings. The molecule has 3 rings (SSSR count). The van der Waals surface area contributed by atoms with E-state index in [0.29, 0.717) is 12.1 Å². The monoisotopic (exact) mass is 356 g/mol. The van der Waals surface area contributed by atoms with Crippen molar-refractivity contribution in [2.45, 2.75) is 13.3 Å². The molecule has 2 aromatic carbocycles. The first-order valence-electron chi connectivity index (χ1n) is 8.98. The SMILES string of the molecule is C=Cc1cnc(C(=O)Cc2cccc(-c3ccccc3)c2C)c(N(C)C)c1. The molecule has 3 heteroatoms. The van der Waals surface area contributed by atoms with Gasteiger partial charge >= 0.3 is 0 Å². The molecule has 0 unspecified atom stereocenters. The van der Waals surface area contributed by atoms with Crippen LogP contribution in [0.15, 0.2) is 67.4 Å². The normalized spacial score (nSPS) is 10.5. The van der Waals surface area contributed by atoms with E-state index in [0.717, 1.165) is 33.5 Å². The van der Waals surface area contributed by atoms with Crippen LogP contribution in [-0.2, 0) is 6.42 Å². The highest BCUT2D eigenvalue weighted by Gasteiger charge is 2.17. The average Bonchev–Trinajstić information content (AvgIpc) is 2.69. The van der Waals surface area contributed by atoms with Crippen LogP contribution in [0.2, 0.25) is 0 Å². The molecule has 0 spiro atoms. The molecule has 0 atom stereocenters. The highest BCUT2D eigenvalue weighted by atomic mass is 16.1. The standard InChI is InChI=1S/C24H24N2O/c1-5-18-14-22(26(3)4)24(25-16-18)23(27)15-20-12-9-13-21(17(20)2)19-10-7-6-8-11-19/h5-14,16H,1,15H2,2-4H3. The van der Waals surface area contributed by atoms with Crippen molar-refractivity contribution in [3.05, 3.63) is 89.8 Å². The second-order valence-electron chi connectivity index (χ2n) is 6.79. The van der Waals surface area contributed by atoms with Crippen LogP contribution in [0.25, 0.3) is 17.2 Å². The number of nitrogens with zero attached hydrogens (tertiary/aromatic N) is 2. The Morgan fingerprint density at radius 2 is 1.85 bits per heavy atom. The van der Waals surface area contributed by atoms with Gasteiger partial charge < -0.3 is 4.90 Å². The second-order valence-corrected chi connectivity index (χ2v) is 6.79. The molecule has 136 valence electrons. The van der Waals surface area contributed by atoms with E-state index >= 15 is 0 Å². The van der Waals surface area contributed by atoms with Gasteiger partial charge in [0, 0.05) is 26.7 Å². The fourth-order valence-electron chi connectivity index (χ4n) is 3.20. The van der Waals surface area contributed by atoms with Crippen molar-refractivity contribution in [2.24, 2.45) is 0 Å². The molecule has 0 saturated heterocycles. The van der Waals surface area contributed by atoms with Gasteiger partial charge in [-0.15, -0.1) is 0 Å². The lowest BCUT2D eigenvalue weighted by atomic mass is 9.93. The minimum Gasteiger partial charge on any atom is -0.376 e. The van der Waals surface area contributed by atoms with Crippen molar-refractivity contribution < 1.29 is 4.79 Å². The minimum atomic E-state index is 0.0163. The third-order valence-corrected chi connectivity index (χ3v) is 4.75. The van der Waals surface area contributed by atoms with Gasteiger partial charge in [0.25, 0.3) is 0 Å². The first-order valence-corrected chi connectivity index (χ1v) is 8.98. The Labute approximate surface area is 161 Å². The summed E-state index contributed by atoms with van der Waals surface area (Å²) in [6, 6.07) is 18.3. The molecule has 1 aromatic heterocycles. The first kappa shape index (κ1) is 18.6. The van der Waals surface area contributed by atoms with Crippen LogP contribution in [0.3, 0.4) is 0 Å². The van der Waals surface area contributed by atoms with Crippen LogP contribution in [-0.4, -0.2) is 24.9 Å². The molecular weight excluding hydrogens is 332 g/mol. The van der Waals surface area contributed by atoms with Gasteiger partial charge in [-0.1, -0.05) is 61.2 Å². The molecule has 3 nitrogen and oxygen atoms in total. The molecule has 3 aromatic rings. The van der Waals surface area contributed by atoms with Crippen LogP contribution in [0.4, 0.5) is 5.69 Å². The number of hydrogen-bond acceptors (Lipinski definition) is 3. The Hall–Kier alpha value is -3.20. The molecule has 0 N–H and O–H groups in total. The number of aromatic nitrogens is 1. The van der Waals surface area contributed by atoms with Crippen LogP contribution in [0.5, 0.6) is 0 Å². The van der Waals surface area contributed by atoms with Crippen molar-refractivity contribution in [1.82, 2.24) is 4.98 Å². The molecule has 0 aliphatic carbocycles. The summed E-state index contributed by atoms with van der Waals surface area (Å²) in [6.07, 6.45) is 3.76. The smallest absolute Gasteiger partial charge is 0.187 e. The average molecular weight is 356 g/mol. The summed E-state index contributed by atoms with van der Waals surface area (Å²) in [5, 5.41) is 0. The van der Waals surface area contributed by atoms with E-state index in [4.69, 9.17) is 0 Å². The minimum absolute atomic E-state index is 0.0163. The van der Waals surface area contributed by atoms with Crippen LogP contribution < -0.4 is 4.90 Å². The van der Waals surface area contributed by atoms with E-state index in [-0.39, 0.29) is 5.78 Å². The maximum Gasteiger partial charge on any atom is 0.187 e. The molecule has 0 saturated carbocycles. The molecule has 0 radical (unpaired) electrons. The zero-order valence-corrected chi connectivity index (χ0v) is 16.1. The lowest BCUT2D eigenvalue weighted by Gasteiger charge is -2.17. The Balaban J connectivity index is 1.95. The molecular formula is C24H24N2O. The fourth-order valence-corrected chi connectivity index (χ4v) is 3.20. The third kappa shape index (κ3) is 3.98. The van der Waals surface area contributed by atoms with Gasteiger partial charge in [-0.05, 0) is 40.8 Å². The Bertz CT molecular complexity index is 975. The number of Topliss-reactive ketones (excluding diaryl/α,β-unsaturated/α-hetero) is 1. The number of carbonyl (C=O) groups is 1. The van der Waals surface area contributed by atoms with E-state index in [9.17, 15) is 4.79 Å². The highest BCUT2D eigenvalue weighted by molar-refractivity contribution is 6.01. The Kier molecular flexibility index (Phi) is 5.51.